The molecule has 0 aromatic heterocycles. The molecule has 0 amide bonds. The summed E-state index contributed by atoms with van der Waals surface area (Å²) in [6.45, 7) is 10.9. The van der Waals surface area contributed by atoms with E-state index in [1.165, 1.54) is 44.5 Å². The van der Waals surface area contributed by atoms with Crippen molar-refractivity contribution in [2.45, 2.75) is 82.8 Å². The number of carbonyl (C=O) groups excluding carboxylic acids is 2. The summed E-state index contributed by atoms with van der Waals surface area (Å²) in [4.78, 5) is 24.5. The molecule has 4 heteroatoms. The van der Waals surface area contributed by atoms with Crippen molar-refractivity contribution in [1.82, 2.24) is 0 Å². The average molecular weight is 599 g/mol. The zero-order valence-corrected chi connectivity index (χ0v) is 26.4. The van der Waals surface area contributed by atoms with Gasteiger partial charge < -0.3 is 9.47 Å². The molecule has 7 rings (SSSR count). The Bertz CT molecular complexity index is 1730. The fourth-order valence-electron chi connectivity index (χ4n) is 8.46. The molecule has 1 saturated carbocycles. The van der Waals surface area contributed by atoms with E-state index in [0.29, 0.717) is 29.4 Å². The van der Waals surface area contributed by atoms with Gasteiger partial charge in [-0.15, -0.1) is 0 Å². The monoisotopic (exact) mass is 598 g/mol. The molecule has 0 saturated heterocycles. The van der Waals surface area contributed by atoms with Crippen LogP contribution in [0.3, 0.4) is 0 Å². The van der Waals surface area contributed by atoms with Gasteiger partial charge in [-0.25, -0.2) is 9.59 Å². The molecule has 45 heavy (non-hydrogen) atoms. The van der Waals surface area contributed by atoms with E-state index >= 15 is 0 Å². The van der Waals surface area contributed by atoms with Gasteiger partial charge in [0.2, 0.25) is 0 Å². The maximum absolute atomic E-state index is 12.2. The topological polar surface area (TPSA) is 52.6 Å². The molecule has 0 radical (unpaired) electrons. The Morgan fingerprint density at radius 1 is 0.800 bits per heavy atom. The van der Waals surface area contributed by atoms with E-state index in [0.717, 1.165) is 44.9 Å². The Kier molecular flexibility index (Phi) is 7.63. The standard InChI is InChI=1S/C41H42O4/c1-25(2)39(42)44-33-19-15-27-21-31(17-13-29(27)23-33)41(37-11-7-5-9-35(37)36-10-6-8-12-38(36)41)32-18-14-30-24-34(20-16-28(30)22-32)45-40(43)26(3)4/h5,9-10,12-15,17-19,21-22,33-35,37H,1,3,6-8,11,16,20,23-24H2,2,4H3. The molecule has 1 fully saturated rings. The number of carbonyl (C=O) groups is 2. The summed E-state index contributed by atoms with van der Waals surface area (Å²) in [7, 11) is 0. The maximum atomic E-state index is 12.2. The van der Waals surface area contributed by atoms with Gasteiger partial charge in [0.1, 0.15) is 12.2 Å². The van der Waals surface area contributed by atoms with Crippen molar-refractivity contribution in [3.8, 4) is 0 Å². The third-order valence-electron chi connectivity index (χ3n) is 10.5. The van der Waals surface area contributed by atoms with E-state index in [1.807, 2.05) is 6.08 Å². The van der Waals surface area contributed by atoms with Crippen LogP contribution in [-0.4, -0.2) is 24.1 Å². The molecule has 5 unspecified atom stereocenters. The Morgan fingerprint density at radius 3 is 2.33 bits per heavy atom. The van der Waals surface area contributed by atoms with Crippen LogP contribution in [0.5, 0.6) is 0 Å². The molecule has 4 nitrogen and oxygen atoms in total. The van der Waals surface area contributed by atoms with Gasteiger partial charge in [-0.1, -0.05) is 79.9 Å². The number of rotatable bonds is 6. The number of allylic oxidation sites excluding steroid dienone is 6. The molecular formula is C41H42O4. The summed E-state index contributed by atoms with van der Waals surface area (Å²) in [5.41, 5.74) is 11.3. The molecule has 5 aliphatic rings. The van der Waals surface area contributed by atoms with Crippen LogP contribution in [0.15, 0.2) is 102 Å². The zero-order valence-electron chi connectivity index (χ0n) is 26.4. The first-order chi connectivity index (χ1) is 21.8. The quantitative estimate of drug-likeness (QED) is 0.191. The highest BCUT2D eigenvalue weighted by Gasteiger charge is 2.56. The number of hydrogen-bond donors (Lipinski definition) is 0. The molecule has 0 bridgehead atoms. The minimum Gasteiger partial charge on any atom is -0.459 e. The lowest BCUT2D eigenvalue weighted by Gasteiger charge is -2.41. The van der Waals surface area contributed by atoms with Crippen molar-refractivity contribution in [1.29, 1.82) is 0 Å². The second-order valence-electron chi connectivity index (χ2n) is 13.5. The van der Waals surface area contributed by atoms with E-state index in [4.69, 9.17) is 9.47 Å². The van der Waals surface area contributed by atoms with Crippen LogP contribution in [0, 0.1) is 11.8 Å². The normalized spacial score (nSPS) is 27.6. The van der Waals surface area contributed by atoms with Gasteiger partial charge in [-0.05, 0) is 109 Å². The van der Waals surface area contributed by atoms with E-state index in [-0.39, 0.29) is 29.6 Å². The fraction of sp³-hybridized carbons (Fsp3) is 0.366. The van der Waals surface area contributed by atoms with Crippen LogP contribution in [-0.2, 0) is 43.7 Å². The van der Waals surface area contributed by atoms with Gasteiger partial charge in [0, 0.05) is 35.3 Å². The number of fused-ring (bicyclic) bond motifs is 5. The van der Waals surface area contributed by atoms with Crippen molar-refractivity contribution >= 4 is 18.0 Å². The summed E-state index contributed by atoms with van der Waals surface area (Å²) in [6.07, 6.45) is 21.1. The lowest BCUT2D eigenvalue weighted by atomic mass is 9.61. The third kappa shape index (κ3) is 5.09. The Hall–Kier alpha value is -4.18. The van der Waals surface area contributed by atoms with Crippen molar-refractivity contribution < 1.29 is 19.1 Å². The van der Waals surface area contributed by atoms with Crippen LogP contribution < -0.4 is 0 Å². The second-order valence-corrected chi connectivity index (χ2v) is 13.5. The summed E-state index contributed by atoms with van der Waals surface area (Å²) >= 11 is 0. The van der Waals surface area contributed by atoms with E-state index in [1.54, 1.807) is 13.8 Å². The first-order valence-corrected chi connectivity index (χ1v) is 16.5. The van der Waals surface area contributed by atoms with E-state index in [9.17, 15) is 9.59 Å². The lowest BCUT2D eigenvalue weighted by Crippen LogP contribution is -2.37. The molecule has 5 aliphatic carbocycles. The lowest BCUT2D eigenvalue weighted by molar-refractivity contribution is -0.144. The van der Waals surface area contributed by atoms with Gasteiger partial charge in [0.15, 0.2) is 0 Å². The van der Waals surface area contributed by atoms with Gasteiger partial charge in [-0.2, -0.15) is 0 Å². The van der Waals surface area contributed by atoms with Crippen molar-refractivity contribution in [2.24, 2.45) is 11.8 Å². The summed E-state index contributed by atoms with van der Waals surface area (Å²) < 4.78 is 11.4. The Balaban J connectivity index is 1.31. The molecule has 0 aliphatic heterocycles. The largest absolute Gasteiger partial charge is 0.459 e. The number of esters is 2. The van der Waals surface area contributed by atoms with E-state index < -0.39 is 0 Å². The van der Waals surface area contributed by atoms with Crippen molar-refractivity contribution in [2.75, 3.05) is 0 Å². The van der Waals surface area contributed by atoms with Gasteiger partial charge in [-0.3, -0.25) is 0 Å². The molecule has 2 aromatic rings. The Labute approximate surface area is 266 Å². The number of hydrogen-bond acceptors (Lipinski definition) is 4. The zero-order chi connectivity index (χ0) is 31.3. The van der Waals surface area contributed by atoms with Gasteiger partial charge in [0.25, 0.3) is 0 Å². The van der Waals surface area contributed by atoms with Crippen molar-refractivity contribution in [3.05, 3.63) is 136 Å². The number of benzene rings is 2. The highest BCUT2D eigenvalue weighted by Crippen LogP contribution is 2.63. The van der Waals surface area contributed by atoms with Crippen molar-refractivity contribution in [3.63, 3.8) is 0 Å². The minimum atomic E-state index is -0.345. The smallest absolute Gasteiger partial charge is 0.333 e. The molecular weight excluding hydrogens is 556 g/mol. The number of ether oxygens (including phenoxy) is 2. The van der Waals surface area contributed by atoms with Gasteiger partial charge >= 0.3 is 11.9 Å². The molecule has 5 atom stereocenters. The van der Waals surface area contributed by atoms with Crippen LogP contribution in [0.25, 0.3) is 6.08 Å². The molecule has 0 spiro atoms. The summed E-state index contributed by atoms with van der Waals surface area (Å²) in [6, 6.07) is 14.1. The molecule has 0 N–H and O–H groups in total. The molecule has 2 aromatic carbocycles. The van der Waals surface area contributed by atoms with Crippen LogP contribution in [0.1, 0.15) is 79.3 Å². The maximum Gasteiger partial charge on any atom is 0.333 e. The van der Waals surface area contributed by atoms with E-state index in [2.05, 4.69) is 79.9 Å². The second kappa shape index (κ2) is 11.6. The minimum absolute atomic E-state index is 0.109. The first-order valence-electron chi connectivity index (χ1n) is 16.5. The SMILES string of the molecule is C=C(C)C(=O)OC1C=Cc2cc(C3(c4ccc5c(c4)CCC(OC(=O)C(=C)C)C5)C4=CCCC=C4C4C=CCCC43)ccc2C1. The van der Waals surface area contributed by atoms with Gasteiger partial charge in [0.05, 0.1) is 0 Å². The highest BCUT2D eigenvalue weighted by atomic mass is 16.5. The average Bonchev–Trinajstić information content (AvgIpc) is 3.35. The third-order valence-corrected chi connectivity index (χ3v) is 10.5. The van der Waals surface area contributed by atoms with Crippen LogP contribution in [0.2, 0.25) is 0 Å². The number of aryl methyl sites for hydroxylation is 1. The highest BCUT2D eigenvalue weighted by molar-refractivity contribution is 5.87. The Morgan fingerprint density at radius 2 is 1.53 bits per heavy atom. The summed E-state index contributed by atoms with van der Waals surface area (Å²) in [5, 5.41) is 0. The van der Waals surface area contributed by atoms with Crippen LogP contribution in [0.4, 0.5) is 0 Å². The predicted molar refractivity (Wildman–Crippen MR) is 179 cm³/mol. The first kappa shape index (κ1) is 29.5. The summed E-state index contributed by atoms with van der Waals surface area (Å²) in [5.74, 6) is 0.192. The predicted octanol–water partition coefficient (Wildman–Crippen LogP) is 8.25. The fourth-order valence-corrected chi connectivity index (χ4v) is 8.46. The molecule has 230 valence electrons. The van der Waals surface area contributed by atoms with Crippen LogP contribution >= 0.6 is 0 Å². The molecule has 0 heterocycles.